The molecule has 0 saturated carbocycles. The van der Waals surface area contributed by atoms with Crippen LogP contribution in [0, 0.1) is 12.7 Å². The Balaban J connectivity index is 1.39. The van der Waals surface area contributed by atoms with Gasteiger partial charge in [0.2, 0.25) is 5.13 Å². The number of piperazine rings is 1. The highest BCUT2D eigenvalue weighted by atomic mass is 32.1. The summed E-state index contributed by atoms with van der Waals surface area (Å²) >= 11 is 1.49. The Morgan fingerprint density at radius 3 is 2.50 bits per heavy atom. The van der Waals surface area contributed by atoms with Crippen LogP contribution in [0.15, 0.2) is 24.3 Å². The summed E-state index contributed by atoms with van der Waals surface area (Å²) in [4.78, 5) is 11.6. The first-order valence-corrected chi connectivity index (χ1v) is 9.08. The Morgan fingerprint density at radius 2 is 1.88 bits per heavy atom. The molecule has 0 bridgehead atoms. The van der Waals surface area contributed by atoms with Crippen LogP contribution in [-0.2, 0) is 6.54 Å². The zero-order valence-electron chi connectivity index (χ0n) is 14.3. The van der Waals surface area contributed by atoms with E-state index >= 15 is 0 Å². The third-order valence-electron chi connectivity index (χ3n) is 4.32. The number of aryl methyl sites for hydroxylation is 1. The summed E-state index contributed by atoms with van der Waals surface area (Å²) in [5.74, 6) is 0.685. The maximum absolute atomic E-state index is 12.9. The lowest BCUT2D eigenvalue weighted by Crippen LogP contribution is -2.48. The van der Waals surface area contributed by atoms with Gasteiger partial charge in [-0.1, -0.05) is 12.1 Å². The van der Waals surface area contributed by atoms with Crippen LogP contribution in [0.3, 0.4) is 0 Å². The lowest BCUT2D eigenvalue weighted by Gasteiger charge is -2.35. The molecule has 1 aliphatic rings. The molecular formula is C17H24FN5S. The monoisotopic (exact) mass is 349 g/mol. The van der Waals surface area contributed by atoms with Crippen molar-refractivity contribution in [3.8, 4) is 0 Å². The number of benzene rings is 1. The van der Waals surface area contributed by atoms with Crippen molar-refractivity contribution in [2.75, 3.05) is 51.2 Å². The van der Waals surface area contributed by atoms with Gasteiger partial charge in [0, 0.05) is 57.3 Å². The molecule has 3 rings (SSSR count). The molecule has 2 aromatic rings. The number of halogens is 1. The van der Waals surface area contributed by atoms with Gasteiger partial charge in [0.25, 0.3) is 0 Å². The summed E-state index contributed by atoms with van der Waals surface area (Å²) in [5, 5.41) is 1.04. The van der Waals surface area contributed by atoms with Gasteiger partial charge in [-0.2, -0.15) is 4.37 Å². The Labute approximate surface area is 146 Å². The molecule has 7 heteroatoms. The van der Waals surface area contributed by atoms with Gasteiger partial charge in [-0.15, -0.1) is 0 Å². The number of anilines is 1. The second-order valence-electron chi connectivity index (χ2n) is 6.32. The first kappa shape index (κ1) is 17.3. The minimum absolute atomic E-state index is 0.176. The van der Waals surface area contributed by atoms with E-state index in [1.54, 1.807) is 0 Å². The average Bonchev–Trinajstić information content (AvgIpc) is 3.02. The van der Waals surface area contributed by atoms with Gasteiger partial charge in [-0.25, -0.2) is 9.37 Å². The highest BCUT2D eigenvalue weighted by Crippen LogP contribution is 2.18. The van der Waals surface area contributed by atoms with Gasteiger partial charge < -0.3 is 9.80 Å². The van der Waals surface area contributed by atoms with E-state index in [1.165, 1.54) is 23.7 Å². The van der Waals surface area contributed by atoms with E-state index in [9.17, 15) is 4.39 Å². The number of aromatic nitrogens is 2. The van der Waals surface area contributed by atoms with Gasteiger partial charge in [-0.3, -0.25) is 4.90 Å². The van der Waals surface area contributed by atoms with Crippen molar-refractivity contribution in [1.29, 1.82) is 0 Å². The van der Waals surface area contributed by atoms with E-state index < -0.39 is 0 Å². The first-order chi connectivity index (χ1) is 11.6. The SMILES string of the molecule is Cc1nsc(N2CCN(CCN(C)Cc3ccc(F)cc3)CC2)n1. The molecule has 0 amide bonds. The van der Waals surface area contributed by atoms with Gasteiger partial charge in [0.1, 0.15) is 11.6 Å². The van der Waals surface area contributed by atoms with Crippen LogP contribution in [0.2, 0.25) is 0 Å². The third kappa shape index (κ3) is 4.72. The van der Waals surface area contributed by atoms with Gasteiger partial charge in [0.15, 0.2) is 0 Å². The molecule has 24 heavy (non-hydrogen) atoms. The molecule has 1 aliphatic heterocycles. The van der Waals surface area contributed by atoms with Gasteiger partial charge in [-0.05, 0) is 31.7 Å². The zero-order chi connectivity index (χ0) is 16.9. The fraction of sp³-hybridized carbons (Fsp3) is 0.529. The normalized spacial score (nSPS) is 16.1. The molecule has 0 aliphatic carbocycles. The van der Waals surface area contributed by atoms with Crippen LogP contribution in [0.25, 0.3) is 0 Å². The van der Waals surface area contributed by atoms with E-state index in [1.807, 2.05) is 19.1 Å². The maximum Gasteiger partial charge on any atom is 0.205 e. The topological polar surface area (TPSA) is 35.5 Å². The van der Waals surface area contributed by atoms with E-state index in [0.717, 1.165) is 62.3 Å². The Kier molecular flexibility index (Phi) is 5.76. The summed E-state index contributed by atoms with van der Waals surface area (Å²) in [7, 11) is 2.11. The van der Waals surface area contributed by atoms with Crippen molar-refractivity contribution in [2.45, 2.75) is 13.5 Å². The molecular weight excluding hydrogens is 325 g/mol. The van der Waals surface area contributed by atoms with Gasteiger partial charge >= 0.3 is 0 Å². The Bertz CT molecular complexity index is 637. The molecule has 1 saturated heterocycles. The molecule has 0 N–H and O–H groups in total. The van der Waals surface area contributed by atoms with Crippen molar-refractivity contribution < 1.29 is 4.39 Å². The lowest BCUT2D eigenvalue weighted by molar-refractivity contribution is 0.212. The minimum atomic E-state index is -0.176. The standard InChI is InChI=1S/C17H24FN5S/c1-14-19-17(24-20-14)23-11-9-22(10-12-23)8-7-21(2)13-15-3-5-16(18)6-4-15/h3-6H,7-13H2,1-2H3. The molecule has 0 radical (unpaired) electrons. The van der Waals surface area contributed by atoms with Crippen LogP contribution in [0.1, 0.15) is 11.4 Å². The molecule has 0 atom stereocenters. The molecule has 1 fully saturated rings. The van der Waals surface area contributed by atoms with E-state index in [-0.39, 0.29) is 5.82 Å². The number of hydrogen-bond acceptors (Lipinski definition) is 6. The van der Waals surface area contributed by atoms with Crippen molar-refractivity contribution in [3.63, 3.8) is 0 Å². The van der Waals surface area contributed by atoms with E-state index in [4.69, 9.17) is 0 Å². The van der Waals surface area contributed by atoms with Crippen LogP contribution in [0.4, 0.5) is 9.52 Å². The smallest absolute Gasteiger partial charge is 0.205 e. The summed E-state index contributed by atoms with van der Waals surface area (Å²) in [6.07, 6.45) is 0. The van der Waals surface area contributed by atoms with E-state index in [0.29, 0.717) is 0 Å². The van der Waals surface area contributed by atoms with Crippen LogP contribution >= 0.6 is 11.5 Å². The highest BCUT2D eigenvalue weighted by Gasteiger charge is 2.19. The number of nitrogens with zero attached hydrogens (tertiary/aromatic N) is 5. The van der Waals surface area contributed by atoms with Crippen LogP contribution in [0.5, 0.6) is 0 Å². The average molecular weight is 349 g/mol. The second-order valence-corrected chi connectivity index (χ2v) is 7.05. The van der Waals surface area contributed by atoms with Crippen molar-refractivity contribution in [1.82, 2.24) is 19.2 Å². The summed E-state index contributed by atoms with van der Waals surface area (Å²) < 4.78 is 17.2. The predicted molar refractivity (Wildman–Crippen MR) is 96.0 cm³/mol. The van der Waals surface area contributed by atoms with Crippen molar-refractivity contribution >= 4 is 16.7 Å². The maximum atomic E-state index is 12.9. The lowest BCUT2D eigenvalue weighted by atomic mass is 10.2. The molecule has 0 unspecified atom stereocenters. The van der Waals surface area contributed by atoms with E-state index in [2.05, 4.69) is 31.1 Å². The molecule has 1 aromatic carbocycles. The molecule has 1 aromatic heterocycles. The van der Waals surface area contributed by atoms with Crippen molar-refractivity contribution in [2.24, 2.45) is 0 Å². The zero-order valence-corrected chi connectivity index (χ0v) is 15.1. The molecule has 2 heterocycles. The molecule has 130 valence electrons. The highest BCUT2D eigenvalue weighted by molar-refractivity contribution is 7.09. The first-order valence-electron chi connectivity index (χ1n) is 8.31. The third-order valence-corrected chi connectivity index (χ3v) is 5.19. The number of likely N-dealkylation sites (N-methyl/N-ethyl adjacent to an activating group) is 1. The summed E-state index contributed by atoms with van der Waals surface area (Å²) in [5.41, 5.74) is 1.15. The molecule has 5 nitrogen and oxygen atoms in total. The summed E-state index contributed by atoms with van der Waals surface area (Å²) in [6.45, 7) is 8.99. The van der Waals surface area contributed by atoms with Crippen LogP contribution in [-0.4, -0.2) is 65.5 Å². The number of hydrogen-bond donors (Lipinski definition) is 0. The number of rotatable bonds is 6. The van der Waals surface area contributed by atoms with Gasteiger partial charge in [0.05, 0.1) is 0 Å². The van der Waals surface area contributed by atoms with Crippen LogP contribution < -0.4 is 4.90 Å². The molecule has 0 spiro atoms. The fourth-order valence-electron chi connectivity index (χ4n) is 2.87. The van der Waals surface area contributed by atoms with Crippen molar-refractivity contribution in [3.05, 3.63) is 41.5 Å². The minimum Gasteiger partial charge on any atom is -0.344 e. The largest absolute Gasteiger partial charge is 0.344 e. The fourth-order valence-corrected chi connectivity index (χ4v) is 3.60. The Hall–Kier alpha value is -1.57. The second kappa shape index (κ2) is 8.00. The predicted octanol–water partition coefficient (Wildman–Crippen LogP) is 2.24. The quantitative estimate of drug-likeness (QED) is 0.799. The Morgan fingerprint density at radius 1 is 1.17 bits per heavy atom. The summed E-state index contributed by atoms with van der Waals surface area (Å²) in [6, 6.07) is 6.76.